The van der Waals surface area contributed by atoms with Crippen LogP contribution in [-0.4, -0.2) is 78.3 Å². The van der Waals surface area contributed by atoms with E-state index in [1.54, 1.807) is 23.6 Å². The predicted octanol–water partition coefficient (Wildman–Crippen LogP) is 0.478. The fourth-order valence-electron chi connectivity index (χ4n) is 3.74. The minimum absolute atomic E-state index is 0.0176. The van der Waals surface area contributed by atoms with E-state index in [1.807, 2.05) is 5.38 Å². The van der Waals surface area contributed by atoms with Gasteiger partial charge in [0.2, 0.25) is 27.7 Å². The number of rotatable bonds is 12. The number of aliphatic carboxylic acids is 1. The number of nitrogens with zero attached hydrogens (tertiary/aromatic N) is 1. The number of nitrogens with two attached hydrogens (primary N) is 1. The maximum Gasteiger partial charge on any atom is 0.313 e. The first-order chi connectivity index (χ1) is 17.1. The van der Waals surface area contributed by atoms with Crippen molar-refractivity contribution in [3.63, 3.8) is 0 Å². The summed E-state index contributed by atoms with van der Waals surface area (Å²) in [6.07, 6.45) is 0.427. The molecule has 0 saturated carbocycles. The highest BCUT2D eigenvalue weighted by Crippen LogP contribution is 2.23. The summed E-state index contributed by atoms with van der Waals surface area (Å²) < 4.78 is 28.1. The molecule has 1 saturated heterocycles. The van der Waals surface area contributed by atoms with Gasteiger partial charge in [0.05, 0.1) is 11.5 Å². The zero-order chi connectivity index (χ0) is 26.3. The van der Waals surface area contributed by atoms with Gasteiger partial charge in [-0.1, -0.05) is 12.1 Å². The van der Waals surface area contributed by atoms with E-state index in [0.29, 0.717) is 0 Å². The average molecular weight is 575 g/mol. The van der Waals surface area contributed by atoms with E-state index in [2.05, 4.69) is 10.0 Å². The number of nitrogens with one attached hydrogen (secondary N) is 2. The first-order valence-corrected chi connectivity index (χ1v) is 15.2. The molecule has 0 aliphatic carbocycles. The van der Waals surface area contributed by atoms with Crippen LogP contribution in [0.2, 0.25) is 0 Å². The van der Waals surface area contributed by atoms with Crippen molar-refractivity contribution in [2.45, 2.75) is 41.6 Å². The Morgan fingerprint density at radius 3 is 2.50 bits per heavy atom. The number of thiophene rings is 2. The Labute approximate surface area is 220 Å². The number of carbonyl (C=O) groups is 4. The Morgan fingerprint density at radius 1 is 1.17 bits per heavy atom. The van der Waals surface area contributed by atoms with Crippen molar-refractivity contribution in [3.8, 4) is 0 Å². The SMILES string of the molecule is NC(=O)[C@H](Cc1cccs1)NC(=O)[C@@H]1C[C@@H](NS(=O)(=O)c2cccs2)CCN1C(=O)CSCC(=O)O. The van der Waals surface area contributed by atoms with Crippen LogP contribution >= 0.6 is 34.4 Å². The van der Waals surface area contributed by atoms with Gasteiger partial charge in [0, 0.05) is 23.9 Å². The Kier molecular flexibility index (Phi) is 9.90. The van der Waals surface area contributed by atoms with E-state index in [-0.39, 0.29) is 41.5 Å². The molecule has 3 amide bonds. The number of primary amides is 1. The molecule has 0 unspecified atom stereocenters. The van der Waals surface area contributed by atoms with Crippen molar-refractivity contribution < 1.29 is 32.7 Å². The Balaban J connectivity index is 1.75. The third-order valence-electron chi connectivity index (χ3n) is 5.40. The number of hydrogen-bond donors (Lipinski definition) is 4. The lowest BCUT2D eigenvalue weighted by atomic mass is 9.96. The van der Waals surface area contributed by atoms with Crippen LogP contribution < -0.4 is 15.8 Å². The van der Waals surface area contributed by atoms with E-state index < -0.39 is 51.8 Å². The smallest absolute Gasteiger partial charge is 0.313 e. The molecule has 1 aliphatic rings. The third kappa shape index (κ3) is 7.77. The number of sulfonamides is 1. The van der Waals surface area contributed by atoms with Crippen LogP contribution in [0, 0.1) is 0 Å². The molecule has 0 bridgehead atoms. The number of thioether (sulfide) groups is 1. The lowest BCUT2D eigenvalue weighted by Gasteiger charge is -2.39. The Morgan fingerprint density at radius 2 is 1.89 bits per heavy atom. The zero-order valence-corrected chi connectivity index (χ0v) is 22.3. The average Bonchev–Trinajstić information content (AvgIpc) is 3.52. The number of hydrogen-bond acceptors (Lipinski definition) is 9. The van der Waals surface area contributed by atoms with Crippen LogP contribution in [0.1, 0.15) is 17.7 Å². The first kappa shape index (κ1) is 28.1. The summed E-state index contributed by atoms with van der Waals surface area (Å²) in [4.78, 5) is 51.1. The zero-order valence-electron chi connectivity index (χ0n) is 19.0. The van der Waals surface area contributed by atoms with Crippen LogP contribution in [0.25, 0.3) is 0 Å². The molecule has 0 aromatic carbocycles. The summed E-state index contributed by atoms with van der Waals surface area (Å²) in [7, 11) is -3.81. The summed E-state index contributed by atoms with van der Waals surface area (Å²) in [5, 5.41) is 14.9. The first-order valence-electron chi connectivity index (χ1n) is 10.8. The van der Waals surface area contributed by atoms with Crippen molar-refractivity contribution in [2.75, 3.05) is 18.1 Å². The lowest BCUT2D eigenvalue weighted by molar-refractivity contribution is -0.141. The molecular weight excluding hydrogens is 549 g/mol. The Hall–Kier alpha value is -2.46. The molecule has 11 nitrogen and oxygen atoms in total. The molecule has 0 spiro atoms. The summed E-state index contributed by atoms with van der Waals surface area (Å²) in [5.74, 6) is -3.32. The van der Waals surface area contributed by atoms with E-state index in [9.17, 15) is 27.6 Å². The van der Waals surface area contributed by atoms with Gasteiger partial charge in [-0.25, -0.2) is 13.1 Å². The number of carboxylic acid groups (broad SMARTS) is 1. The van der Waals surface area contributed by atoms with Gasteiger partial charge in [0.15, 0.2) is 0 Å². The van der Waals surface area contributed by atoms with Gasteiger partial charge < -0.3 is 21.1 Å². The van der Waals surface area contributed by atoms with Crippen LogP contribution in [0.5, 0.6) is 0 Å². The van der Waals surface area contributed by atoms with Gasteiger partial charge >= 0.3 is 5.97 Å². The molecule has 2 aromatic heterocycles. The van der Waals surface area contributed by atoms with E-state index in [1.165, 1.54) is 22.3 Å². The number of amides is 3. The van der Waals surface area contributed by atoms with E-state index >= 15 is 0 Å². The third-order valence-corrected chi connectivity index (χ3v) is 10.1. The number of carboxylic acids is 1. The molecule has 1 aliphatic heterocycles. The predicted molar refractivity (Wildman–Crippen MR) is 137 cm³/mol. The monoisotopic (exact) mass is 574 g/mol. The molecule has 3 rings (SSSR count). The standard InChI is InChI=1S/C21H26N4O7S4/c22-20(29)15(10-14-3-1-7-34-14)23-21(30)16-9-13(24-36(31,32)19-4-2-8-35-19)5-6-25(16)17(26)11-33-12-18(27)28/h1-4,7-8,13,15-16,24H,5-6,9-12H2,(H2,22,29)(H,23,30)(H,27,28)/t13-,15-,16-/m0/s1. The summed E-state index contributed by atoms with van der Waals surface area (Å²) >= 11 is 3.37. The van der Waals surface area contributed by atoms with Crippen LogP contribution in [0.4, 0.5) is 0 Å². The molecule has 36 heavy (non-hydrogen) atoms. The van der Waals surface area contributed by atoms with Gasteiger partial charge in [0.25, 0.3) is 0 Å². The fraction of sp³-hybridized carbons (Fsp3) is 0.429. The molecule has 15 heteroatoms. The van der Waals surface area contributed by atoms with Gasteiger partial charge in [-0.15, -0.1) is 34.4 Å². The summed E-state index contributed by atoms with van der Waals surface area (Å²) in [5.41, 5.74) is 5.51. The summed E-state index contributed by atoms with van der Waals surface area (Å²) in [6, 6.07) is 3.97. The highest BCUT2D eigenvalue weighted by atomic mass is 32.2. The fourth-order valence-corrected chi connectivity index (χ4v) is 7.40. The number of carbonyl (C=O) groups excluding carboxylic acids is 3. The van der Waals surface area contributed by atoms with Crippen molar-refractivity contribution in [2.24, 2.45) is 5.73 Å². The maximum atomic E-state index is 13.3. The largest absolute Gasteiger partial charge is 0.481 e. The number of likely N-dealkylation sites (tertiary alicyclic amines) is 1. The minimum Gasteiger partial charge on any atom is -0.481 e. The molecule has 2 aromatic rings. The van der Waals surface area contributed by atoms with Gasteiger partial charge in [-0.2, -0.15) is 0 Å². The number of piperidine rings is 1. The molecule has 1 fully saturated rings. The molecule has 3 heterocycles. The topological polar surface area (TPSA) is 176 Å². The molecule has 0 radical (unpaired) electrons. The van der Waals surface area contributed by atoms with Crippen LogP contribution in [0.3, 0.4) is 0 Å². The van der Waals surface area contributed by atoms with Crippen molar-refractivity contribution in [3.05, 3.63) is 39.9 Å². The van der Waals surface area contributed by atoms with Crippen molar-refractivity contribution in [1.29, 1.82) is 0 Å². The second-order valence-electron chi connectivity index (χ2n) is 8.01. The minimum atomic E-state index is -3.81. The van der Waals surface area contributed by atoms with Gasteiger partial charge in [-0.05, 0) is 35.7 Å². The molecule has 196 valence electrons. The lowest BCUT2D eigenvalue weighted by Crippen LogP contribution is -2.60. The molecule has 3 atom stereocenters. The van der Waals surface area contributed by atoms with Gasteiger partial charge in [-0.3, -0.25) is 19.2 Å². The highest BCUT2D eigenvalue weighted by molar-refractivity contribution is 8.00. The highest BCUT2D eigenvalue weighted by Gasteiger charge is 2.38. The molecular formula is C21H26N4O7S4. The van der Waals surface area contributed by atoms with Crippen LogP contribution in [-0.2, 0) is 35.6 Å². The molecule has 5 N–H and O–H groups in total. The Bertz CT molecular complexity index is 1170. The van der Waals surface area contributed by atoms with E-state index in [4.69, 9.17) is 10.8 Å². The normalized spacial score (nSPS) is 18.9. The quantitative estimate of drug-likeness (QED) is 0.283. The van der Waals surface area contributed by atoms with Crippen molar-refractivity contribution >= 4 is 68.1 Å². The summed E-state index contributed by atoms with van der Waals surface area (Å²) in [6.45, 7) is 0.0777. The van der Waals surface area contributed by atoms with Crippen molar-refractivity contribution in [1.82, 2.24) is 14.9 Å². The van der Waals surface area contributed by atoms with Gasteiger partial charge in [0.1, 0.15) is 16.3 Å². The second kappa shape index (κ2) is 12.7. The maximum absolute atomic E-state index is 13.3. The van der Waals surface area contributed by atoms with Crippen LogP contribution in [0.15, 0.2) is 39.2 Å². The second-order valence-corrected chi connectivity index (χ2v) is 12.9. The van der Waals surface area contributed by atoms with E-state index in [0.717, 1.165) is 28.0 Å².